The van der Waals surface area contributed by atoms with Gasteiger partial charge in [0.2, 0.25) is 5.13 Å². The Morgan fingerprint density at radius 2 is 2.12 bits per heavy atom. The van der Waals surface area contributed by atoms with Gasteiger partial charge in [-0.15, -0.1) is 10.2 Å². The second-order valence-electron chi connectivity index (χ2n) is 5.75. The number of hydrogen-bond acceptors (Lipinski definition) is 6. The molecule has 2 heterocycles. The number of nitrogens with zero attached hydrogens (tertiary/aromatic N) is 3. The molecule has 5 nitrogen and oxygen atoms in total. The van der Waals surface area contributed by atoms with E-state index in [2.05, 4.69) is 27.0 Å². The van der Waals surface area contributed by atoms with E-state index in [9.17, 15) is 9.18 Å². The van der Waals surface area contributed by atoms with Crippen LogP contribution in [0.4, 0.5) is 15.2 Å². The second-order valence-corrected chi connectivity index (χ2v) is 7.95. The molecule has 0 unspecified atom stereocenters. The van der Waals surface area contributed by atoms with Gasteiger partial charge in [-0.05, 0) is 45.0 Å². The lowest BCUT2D eigenvalue weighted by Crippen LogP contribution is -2.05. The number of ketones is 1. The third-order valence-corrected chi connectivity index (χ3v) is 5.97. The number of hydrogen-bond donors (Lipinski definition) is 1. The molecule has 0 aliphatic heterocycles. The SMILES string of the molecule is CCn1c(C)cc(C(=O)CSc2nnc(Nc3cccc(F)c3)s2)c1C. The van der Waals surface area contributed by atoms with Crippen molar-refractivity contribution in [3.63, 3.8) is 0 Å². The quantitative estimate of drug-likeness (QED) is 0.462. The van der Waals surface area contributed by atoms with Gasteiger partial charge in [-0.25, -0.2) is 4.39 Å². The Labute approximate surface area is 159 Å². The predicted molar refractivity (Wildman–Crippen MR) is 104 cm³/mol. The van der Waals surface area contributed by atoms with Crippen LogP contribution in [0.3, 0.4) is 0 Å². The normalized spacial score (nSPS) is 10.9. The van der Waals surface area contributed by atoms with Crippen LogP contribution in [-0.4, -0.2) is 26.3 Å². The summed E-state index contributed by atoms with van der Waals surface area (Å²) in [5, 5.41) is 11.7. The number of thioether (sulfide) groups is 1. The Bertz CT molecular complexity index is 935. The predicted octanol–water partition coefficient (Wildman–Crippen LogP) is 4.83. The van der Waals surface area contributed by atoms with Crippen molar-refractivity contribution in [2.24, 2.45) is 0 Å². The summed E-state index contributed by atoms with van der Waals surface area (Å²) in [4.78, 5) is 12.5. The monoisotopic (exact) mass is 390 g/mol. The van der Waals surface area contributed by atoms with Crippen LogP contribution in [0.15, 0.2) is 34.7 Å². The van der Waals surface area contributed by atoms with Crippen LogP contribution in [0.5, 0.6) is 0 Å². The lowest BCUT2D eigenvalue weighted by Gasteiger charge is -2.05. The Kier molecular flexibility index (Phi) is 5.73. The molecule has 0 atom stereocenters. The smallest absolute Gasteiger partial charge is 0.210 e. The maximum Gasteiger partial charge on any atom is 0.210 e. The van der Waals surface area contributed by atoms with Gasteiger partial charge in [-0.1, -0.05) is 29.2 Å². The molecule has 0 spiro atoms. The molecule has 0 radical (unpaired) electrons. The molecule has 0 bridgehead atoms. The molecule has 136 valence electrons. The minimum Gasteiger partial charge on any atom is -0.349 e. The number of carbonyl (C=O) groups is 1. The van der Waals surface area contributed by atoms with Crippen molar-refractivity contribution in [2.75, 3.05) is 11.1 Å². The van der Waals surface area contributed by atoms with E-state index in [1.54, 1.807) is 12.1 Å². The summed E-state index contributed by atoms with van der Waals surface area (Å²) in [7, 11) is 0. The molecular weight excluding hydrogens is 371 g/mol. The number of rotatable bonds is 7. The van der Waals surface area contributed by atoms with E-state index in [1.807, 2.05) is 19.9 Å². The summed E-state index contributed by atoms with van der Waals surface area (Å²) < 4.78 is 16.0. The number of nitrogens with one attached hydrogen (secondary N) is 1. The van der Waals surface area contributed by atoms with Crippen molar-refractivity contribution in [3.05, 3.63) is 53.1 Å². The van der Waals surface area contributed by atoms with Gasteiger partial charge >= 0.3 is 0 Å². The molecule has 0 amide bonds. The Hall–Kier alpha value is -2.19. The minimum atomic E-state index is -0.315. The van der Waals surface area contributed by atoms with E-state index in [1.165, 1.54) is 35.2 Å². The first kappa shape index (κ1) is 18.6. The van der Waals surface area contributed by atoms with Crippen molar-refractivity contribution in [1.82, 2.24) is 14.8 Å². The Balaban J connectivity index is 1.62. The average Bonchev–Trinajstić information content (AvgIpc) is 3.16. The highest BCUT2D eigenvalue weighted by atomic mass is 32.2. The number of Topliss-reactive ketones (excluding diaryl/α,β-unsaturated/α-hetero) is 1. The first-order valence-electron chi connectivity index (χ1n) is 8.16. The van der Waals surface area contributed by atoms with Crippen LogP contribution in [0.1, 0.15) is 28.7 Å². The molecule has 3 aromatic rings. The van der Waals surface area contributed by atoms with Crippen LogP contribution in [0.2, 0.25) is 0 Å². The average molecular weight is 391 g/mol. The van der Waals surface area contributed by atoms with E-state index in [4.69, 9.17) is 0 Å². The van der Waals surface area contributed by atoms with Crippen LogP contribution < -0.4 is 5.32 Å². The van der Waals surface area contributed by atoms with Crippen molar-refractivity contribution < 1.29 is 9.18 Å². The summed E-state index contributed by atoms with van der Waals surface area (Å²) in [5.41, 5.74) is 3.47. The molecule has 26 heavy (non-hydrogen) atoms. The van der Waals surface area contributed by atoms with Crippen molar-refractivity contribution in [3.8, 4) is 0 Å². The fourth-order valence-corrected chi connectivity index (χ4v) is 4.44. The summed E-state index contributed by atoms with van der Waals surface area (Å²) in [5.74, 6) is 0.0739. The highest BCUT2D eigenvalue weighted by molar-refractivity contribution is 8.01. The van der Waals surface area contributed by atoms with Crippen LogP contribution in [0, 0.1) is 19.7 Å². The third-order valence-electron chi connectivity index (χ3n) is 4.00. The number of aryl methyl sites for hydroxylation is 1. The lowest BCUT2D eigenvalue weighted by molar-refractivity contribution is 0.102. The standard InChI is InChI=1S/C18H19FN4OS2/c1-4-23-11(2)8-15(12(23)3)16(24)10-25-18-22-21-17(26-18)20-14-7-5-6-13(19)9-14/h5-9H,4,10H2,1-3H3,(H,20,21). The number of halogens is 1. The van der Waals surface area contributed by atoms with Crippen molar-refractivity contribution >= 4 is 39.7 Å². The summed E-state index contributed by atoms with van der Waals surface area (Å²) in [6.07, 6.45) is 0. The largest absolute Gasteiger partial charge is 0.349 e. The molecule has 8 heteroatoms. The maximum atomic E-state index is 13.2. The fraction of sp³-hybridized carbons (Fsp3) is 0.278. The van der Waals surface area contributed by atoms with Crippen LogP contribution >= 0.6 is 23.1 Å². The molecular formula is C18H19FN4OS2. The third kappa shape index (κ3) is 4.13. The zero-order valence-electron chi connectivity index (χ0n) is 14.7. The molecule has 0 aliphatic rings. The van der Waals surface area contributed by atoms with E-state index in [-0.39, 0.29) is 11.6 Å². The molecule has 2 aromatic heterocycles. The van der Waals surface area contributed by atoms with Gasteiger partial charge < -0.3 is 9.88 Å². The first-order chi connectivity index (χ1) is 12.5. The highest BCUT2D eigenvalue weighted by Gasteiger charge is 2.16. The van der Waals surface area contributed by atoms with Gasteiger partial charge in [0, 0.05) is 29.2 Å². The Morgan fingerprint density at radius 1 is 1.31 bits per heavy atom. The summed E-state index contributed by atoms with van der Waals surface area (Å²) in [6.45, 7) is 6.90. The molecule has 0 saturated heterocycles. The van der Waals surface area contributed by atoms with Gasteiger partial charge in [0.1, 0.15) is 5.82 Å². The number of aromatic nitrogens is 3. The maximum absolute atomic E-state index is 13.2. The van der Waals surface area contributed by atoms with Gasteiger partial charge in [0.05, 0.1) is 5.75 Å². The molecule has 0 fully saturated rings. The molecule has 1 N–H and O–H groups in total. The molecule has 0 saturated carbocycles. The van der Waals surface area contributed by atoms with E-state index >= 15 is 0 Å². The van der Waals surface area contributed by atoms with Crippen molar-refractivity contribution in [2.45, 2.75) is 31.7 Å². The van der Waals surface area contributed by atoms with E-state index in [0.717, 1.165) is 23.5 Å². The summed E-state index contributed by atoms with van der Waals surface area (Å²) >= 11 is 2.70. The molecule has 1 aromatic carbocycles. The van der Waals surface area contributed by atoms with E-state index < -0.39 is 0 Å². The molecule has 3 rings (SSSR count). The zero-order valence-corrected chi connectivity index (χ0v) is 16.4. The number of anilines is 2. The van der Waals surface area contributed by atoms with Gasteiger partial charge in [-0.3, -0.25) is 4.79 Å². The zero-order chi connectivity index (χ0) is 18.7. The number of carbonyl (C=O) groups excluding carboxylic acids is 1. The Morgan fingerprint density at radius 3 is 2.81 bits per heavy atom. The van der Waals surface area contributed by atoms with Crippen molar-refractivity contribution in [1.29, 1.82) is 0 Å². The highest BCUT2D eigenvalue weighted by Crippen LogP contribution is 2.29. The molecule has 0 aliphatic carbocycles. The summed E-state index contributed by atoms with van der Waals surface area (Å²) in [6, 6.07) is 8.10. The number of benzene rings is 1. The topological polar surface area (TPSA) is 59.8 Å². The lowest BCUT2D eigenvalue weighted by atomic mass is 10.2. The van der Waals surface area contributed by atoms with Gasteiger partial charge in [-0.2, -0.15) is 0 Å². The van der Waals surface area contributed by atoms with Gasteiger partial charge in [0.15, 0.2) is 10.1 Å². The second kappa shape index (κ2) is 8.01. The fourth-order valence-electron chi connectivity index (χ4n) is 2.78. The van der Waals surface area contributed by atoms with Gasteiger partial charge in [0.25, 0.3) is 0 Å². The van der Waals surface area contributed by atoms with E-state index in [0.29, 0.717) is 20.9 Å². The van der Waals surface area contributed by atoms with Crippen LogP contribution in [-0.2, 0) is 6.54 Å². The van der Waals surface area contributed by atoms with Crippen LogP contribution in [0.25, 0.3) is 0 Å². The first-order valence-corrected chi connectivity index (χ1v) is 9.97. The minimum absolute atomic E-state index is 0.0811.